The van der Waals surface area contributed by atoms with Crippen LogP contribution >= 0.6 is 12.2 Å². The molecule has 2 unspecified atom stereocenters. The predicted octanol–water partition coefficient (Wildman–Crippen LogP) is -1.83. The van der Waals surface area contributed by atoms with Crippen LogP contribution in [0.5, 0.6) is 0 Å². The zero-order valence-electron chi connectivity index (χ0n) is 41.6. The second-order valence-electron chi connectivity index (χ2n) is 18.3. The molecule has 7 amide bonds. The van der Waals surface area contributed by atoms with Crippen molar-refractivity contribution < 1.29 is 58.5 Å². The van der Waals surface area contributed by atoms with E-state index in [1.807, 2.05) is 74.2 Å². The third kappa shape index (κ3) is 22.6. The Morgan fingerprint density at radius 3 is 1.71 bits per heavy atom. The molecule has 3 aromatic carbocycles. The highest BCUT2D eigenvalue weighted by molar-refractivity contribution is 7.80. The van der Waals surface area contributed by atoms with E-state index in [1.165, 1.54) is 0 Å². The Labute approximate surface area is 439 Å². The molecule has 26 heteroatoms. The van der Waals surface area contributed by atoms with Crippen LogP contribution in [0.25, 0.3) is 10.8 Å². The number of primary amides is 4. The molecular formula is C49H69N13O12S. The minimum atomic E-state index is -1.55. The Balaban J connectivity index is 1.46. The lowest BCUT2D eigenvalue weighted by Gasteiger charge is -2.38. The number of rotatable bonds is 27. The molecule has 1 aliphatic heterocycles. The Hall–Kier alpha value is -7.52. The summed E-state index contributed by atoms with van der Waals surface area (Å²) in [4.78, 5) is 117. The van der Waals surface area contributed by atoms with Gasteiger partial charge in [0, 0.05) is 76.9 Å². The fourth-order valence-electron chi connectivity index (χ4n) is 8.55. The van der Waals surface area contributed by atoms with Crippen LogP contribution in [0.2, 0.25) is 0 Å². The van der Waals surface area contributed by atoms with Crippen LogP contribution in [0.1, 0.15) is 43.2 Å². The van der Waals surface area contributed by atoms with Crippen molar-refractivity contribution in [1.29, 1.82) is 0 Å². The molecule has 1 aliphatic rings. The molecule has 25 nitrogen and oxygen atoms in total. The molecule has 1 heterocycles. The molecule has 1 fully saturated rings. The maximum absolute atomic E-state index is 13.8. The lowest BCUT2D eigenvalue weighted by atomic mass is 10.0. The topological polar surface area (TPSA) is 392 Å². The summed E-state index contributed by atoms with van der Waals surface area (Å²) in [6, 6.07) is 15.6. The maximum Gasteiger partial charge on any atom is 0.326 e. The number of thiocarbonyl (C=S) groups is 1. The van der Waals surface area contributed by atoms with Gasteiger partial charge in [-0.3, -0.25) is 48.4 Å². The summed E-state index contributed by atoms with van der Waals surface area (Å²) in [6.07, 6.45) is 0.150. The predicted molar refractivity (Wildman–Crippen MR) is 281 cm³/mol. The van der Waals surface area contributed by atoms with Crippen LogP contribution in [0.3, 0.4) is 0 Å². The van der Waals surface area contributed by atoms with Gasteiger partial charge < -0.3 is 64.8 Å². The van der Waals surface area contributed by atoms with E-state index < -0.39 is 90.5 Å². The highest BCUT2D eigenvalue weighted by Gasteiger charge is 2.28. The fourth-order valence-corrected chi connectivity index (χ4v) is 8.81. The summed E-state index contributed by atoms with van der Waals surface area (Å²) < 4.78 is 0. The van der Waals surface area contributed by atoms with Crippen molar-refractivity contribution in [3.8, 4) is 0 Å². The van der Waals surface area contributed by atoms with Crippen LogP contribution in [-0.2, 0) is 51.2 Å². The summed E-state index contributed by atoms with van der Waals surface area (Å²) in [6.45, 7) is 2.12. The number of nitrogens with one attached hydrogen (secondary N) is 5. The number of unbranched alkanes of at least 4 members (excludes halogenated alkanes) is 1. The number of aliphatic carboxylic acids is 3. The number of amides is 7. The van der Waals surface area contributed by atoms with E-state index in [0.717, 1.165) is 21.9 Å². The minimum Gasteiger partial charge on any atom is -0.481 e. The molecule has 1 saturated heterocycles. The van der Waals surface area contributed by atoms with E-state index in [-0.39, 0.29) is 63.6 Å². The molecule has 4 rings (SSSR count). The van der Waals surface area contributed by atoms with Gasteiger partial charge in [-0.2, -0.15) is 0 Å². The molecule has 0 radical (unpaired) electrons. The maximum atomic E-state index is 13.8. The van der Waals surface area contributed by atoms with Crippen molar-refractivity contribution in [2.24, 2.45) is 22.9 Å². The first-order valence-electron chi connectivity index (χ1n) is 24.3. The highest BCUT2D eigenvalue weighted by atomic mass is 32.1. The number of benzene rings is 3. The van der Waals surface area contributed by atoms with Gasteiger partial charge in [0.1, 0.15) is 18.1 Å². The van der Waals surface area contributed by atoms with Crippen LogP contribution in [-0.4, -0.2) is 196 Å². The van der Waals surface area contributed by atoms with E-state index in [0.29, 0.717) is 57.8 Å². The molecule has 16 N–H and O–H groups in total. The van der Waals surface area contributed by atoms with E-state index in [1.54, 1.807) is 12.1 Å². The van der Waals surface area contributed by atoms with Crippen LogP contribution in [0, 0.1) is 0 Å². The van der Waals surface area contributed by atoms with E-state index in [4.69, 9.17) is 40.3 Å². The first kappa shape index (κ1) is 60.0. The van der Waals surface area contributed by atoms with E-state index in [2.05, 4.69) is 26.6 Å². The average molecular weight is 1060 g/mol. The number of nitrogens with zero attached hydrogens (tertiary/aromatic N) is 4. The van der Waals surface area contributed by atoms with Gasteiger partial charge in [-0.05, 0) is 78.4 Å². The van der Waals surface area contributed by atoms with Crippen molar-refractivity contribution in [3.63, 3.8) is 0 Å². The summed E-state index contributed by atoms with van der Waals surface area (Å²) in [5, 5.41) is 43.5. The van der Waals surface area contributed by atoms with Gasteiger partial charge in [0.15, 0.2) is 5.11 Å². The molecule has 0 bridgehead atoms. The first-order chi connectivity index (χ1) is 35.6. The Morgan fingerprint density at radius 1 is 0.600 bits per heavy atom. The number of anilines is 1. The average Bonchev–Trinajstić information content (AvgIpc) is 3.33. The lowest BCUT2D eigenvalue weighted by molar-refractivity contribution is -0.141. The third-order valence-corrected chi connectivity index (χ3v) is 12.5. The number of fused-ring (bicyclic) bond motifs is 1. The van der Waals surface area contributed by atoms with Crippen LogP contribution < -0.4 is 49.5 Å². The molecule has 4 atom stereocenters. The summed E-state index contributed by atoms with van der Waals surface area (Å²) in [5.41, 5.74) is 24.8. The van der Waals surface area contributed by atoms with Gasteiger partial charge in [0.2, 0.25) is 29.5 Å². The molecule has 0 saturated carbocycles. The number of carboxylic acids is 3. The number of urea groups is 1. The van der Waals surface area contributed by atoms with Gasteiger partial charge in [-0.1, -0.05) is 54.6 Å². The van der Waals surface area contributed by atoms with Crippen LogP contribution in [0.15, 0.2) is 66.7 Å². The monoisotopic (exact) mass is 1060 g/mol. The second kappa shape index (κ2) is 30.6. The van der Waals surface area contributed by atoms with Gasteiger partial charge >= 0.3 is 23.9 Å². The molecular weight excluding hydrogens is 995 g/mol. The van der Waals surface area contributed by atoms with Crippen molar-refractivity contribution in [2.45, 2.75) is 69.1 Å². The summed E-state index contributed by atoms with van der Waals surface area (Å²) >= 11 is 5.73. The van der Waals surface area contributed by atoms with Gasteiger partial charge in [-0.15, -0.1) is 0 Å². The molecule has 0 aromatic heterocycles. The summed E-state index contributed by atoms with van der Waals surface area (Å²) in [5.74, 6) is -6.75. The highest BCUT2D eigenvalue weighted by Crippen LogP contribution is 2.19. The second-order valence-corrected chi connectivity index (χ2v) is 18.7. The lowest BCUT2D eigenvalue weighted by Crippen LogP contribution is -2.54. The standard InChI is InChI=1S/C49H69N13O12S/c50-40(63)27-59-17-18-60(28-41(51)64)21-22-62(30-43(53)66)36(26-61(20-19-59)29-42(52)65)24-31-9-12-35(13-10-31)55-49(75)58-39(25-32-8-11-33-5-1-2-6-34(33)23-32)45(69)54-16-4-3-7-37(46(70)71)56-48(74)57-38(47(72)73)14-15-44(67)68/h1-2,5-6,8-13,23,36-39H,3-4,7,14-22,24-30H2,(H2,50,63)(H2,51,64)(H2,52,65)(H2,53,66)(H,54,69)(H,67,68)(H,70,71)(H,72,73)(H2,55,58,75)(H2,56,57,74)/t36?,37-,38-,39?/m0/s1. The zero-order valence-corrected chi connectivity index (χ0v) is 42.4. The summed E-state index contributed by atoms with van der Waals surface area (Å²) in [7, 11) is 0. The Kier molecular flexibility index (Phi) is 24.5. The van der Waals surface area contributed by atoms with Gasteiger partial charge in [0.25, 0.3) is 0 Å². The van der Waals surface area contributed by atoms with Gasteiger partial charge in [0.05, 0.1) is 26.2 Å². The number of hydrogen-bond acceptors (Lipinski definition) is 14. The number of carbonyl (C=O) groups excluding carboxylic acids is 6. The number of carbonyl (C=O) groups is 9. The van der Waals surface area contributed by atoms with Crippen molar-refractivity contribution in [2.75, 3.05) is 83.9 Å². The zero-order chi connectivity index (χ0) is 55.0. The van der Waals surface area contributed by atoms with E-state index >= 15 is 0 Å². The quantitative estimate of drug-likeness (QED) is 0.0295. The molecule has 3 aromatic rings. The normalized spacial score (nSPS) is 16.4. The van der Waals surface area contributed by atoms with Crippen molar-refractivity contribution >= 4 is 87.3 Å². The van der Waals surface area contributed by atoms with Crippen molar-refractivity contribution in [1.82, 2.24) is 40.9 Å². The third-order valence-electron chi connectivity index (χ3n) is 12.3. The minimum absolute atomic E-state index is 0.0464. The SMILES string of the molecule is NC(=O)CN1CCN(CC(N)=O)CCN(CC(N)=O)C(Cc2ccc(NC(=S)NC(Cc3ccc4ccccc4c3)C(=O)NCCCC[C@H](NC(=O)N[C@@H](CCC(=O)O)C(=O)O)C(=O)O)cc2)CN(CC(N)=O)CC1. The van der Waals surface area contributed by atoms with Gasteiger partial charge in [-0.25, -0.2) is 14.4 Å². The number of carboxylic acid groups (broad SMARTS) is 3. The number of nitrogens with two attached hydrogens (primary N) is 4. The van der Waals surface area contributed by atoms with E-state index in [9.17, 15) is 53.4 Å². The van der Waals surface area contributed by atoms with Crippen molar-refractivity contribution in [3.05, 3.63) is 77.9 Å². The molecule has 0 spiro atoms. The largest absolute Gasteiger partial charge is 0.481 e. The first-order valence-corrected chi connectivity index (χ1v) is 24.8. The smallest absolute Gasteiger partial charge is 0.326 e. The fraction of sp³-hybridized carbons (Fsp3) is 0.469. The Morgan fingerprint density at radius 2 is 1.13 bits per heavy atom. The Bertz CT molecular complexity index is 2490. The molecule has 408 valence electrons. The molecule has 0 aliphatic carbocycles. The van der Waals surface area contributed by atoms with Crippen LogP contribution in [0.4, 0.5) is 10.5 Å². The number of hydrogen-bond donors (Lipinski definition) is 12. The molecule has 75 heavy (non-hydrogen) atoms.